The van der Waals surface area contributed by atoms with Gasteiger partial charge in [0.25, 0.3) is 5.69 Å². The lowest BCUT2D eigenvalue weighted by molar-refractivity contribution is -0.384. The first-order valence-corrected chi connectivity index (χ1v) is 8.26. The van der Waals surface area contributed by atoms with Crippen LogP contribution >= 0.6 is 11.6 Å². The van der Waals surface area contributed by atoms with Crippen molar-refractivity contribution in [2.45, 2.75) is 6.54 Å². The summed E-state index contributed by atoms with van der Waals surface area (Å²) in [5.41, 5.74) is 1.65. The van der Waals surface area contributed by atoms with Gasteiger partial charge in [0.15, 0.2) is 0 Å². The largest absolute Gasteiger partial charge is 0.465 e. The van der Waals surface area contributed by atoms with Crippen LogP contribution in [0.15, 0.2) is 54.9 Å². The molecule has 9 heteroatoms. The number of hydrogen-bond donors (Lipinski definition) is 1. The second kappa shape index (κ2) is 7.88. The van der Waals surface area contributed by atoms with E-state index in [-0.39, 0.29) is 22.0 Å². The molecule has 0 atom stereocenters. The number of anilines is 1. The monoisotopic (exact) mass is 386 g/mol. The van der Waals surface area contributed by atoms with Gasteiger partial charge in [0.1, 0.15) is 5.69 Å². The van der Waals surface area contributed by atoms with Gasteiger partial charge in [-0.15, -0.1) is 0 Å². The molecule has 0 bridgehead atoms. The molecule has 0 aliphatic carbocycles. The Hall–Kier alpha value is -3.39. The maximum absolute atomic E-state index is 11.7. The van der Waals surface area contributed by atoms with E-state index in [4.69, 9.17) is 11.6 Å². The van der Waals surface area contributed by atoms with E-state index in [0.717, 1.165) is 17.3 Å². The highest BCUT2D eigenvalue weighted by Gasteiger charge is 2.21. The average molecular weight is 387 g/mol. The highest BCUT2D eigenvalue weighted by molar-refractivity contribution is 6.34. The van der Waals surface area contributed by atoms with Crippen LogP contribution in [0.5, 0.6) is 0 Å². The molecular weight excluding hydrogens is 372 g/mol. The fraction of sp³-hybridized carbons (Fsp3) is 0.111. The lowest BCUT2D eigenvalue weighted by atomic mass is 10.1. The third-order valence-electron chi connectivity index (χ3n) is 3.85. The van der Waals surface area contributed by atoms with Crippen LogP contribution in [0.2, 0.25) is 5.02 Å². The average Bonchev–Trinajstić information content (AvgIpc) is 3.20. The summed E-state index contributed by atoms with van der Waals surface area (Å²) in [7, 11) is 1.18. The van der Waals surface area contributed by atoms with Gasteiger partial charge in [-0.3, -0.25) is 10.1 Å². The minimum absolute atomic E-state index is 0.0582. The zero-order valence-corrected chi connectivity index (χ0v) is 15.0. The summed E-state index contributed by atoms with van der Waals surface area (Å²) in [5, 5.41) is 18.6. The Kier molecular flexibility index (Phi) is 5.37. The number of ether oxygens (including phenoxy) is 1. The van der Waals surface area contributed by atoms with Crippen LogP contribution in [-0.4, -0.2) is 27.8 Å². The Balaban J connectivity index is 1.86. The summed E-state index contributed by atoms with van der Waals surface area (Å²) in [5.74, 6) is -0.735. The Bertz CT molecular complexity index is 989. The van der Waals surface area contributed by atoms with Crippen LogP contribution in [0.4, 0.5) is 11.4 Å². The Morgan fingerprint density at radius 3 is 2.81 bits per heavy atom. The number of carbonyl (C=O) groups is 1. The standard InChI is InChI=1S/C18H15ClN4O4/c1-27-18(24)14-9-17(23(25)26)16(10-15(14)19)20-11-12-4-2-5-13(8-12)22-7-3-6-21-22/h2-10,20H,11H2,1H3. The molecule has 0 fully saturated rings. The van der Waals surface area contributed by atoms with Gasteiger partial charge < -0.3 is 10.1 Å². The molecule has 2 aromatic carbocycles. The number of methoxy groups -OCH3 is 1. The van der Waals surface area contributed by atoms with Crippen molar-refractivity contribution in [2.24, 2.45) is 0 Å². The number of esters is 1. The molecule has 1 N–H and O–H groups in total. The number of nitro groups is 1. The second-order valence-corrected chi connectivity index (χ2v) is 5.98. The summed E-state index contributed by atoms with van der Waals surface area (Å²) in [6, 6.07) is 11.8. The van der Waals surface area contributed by atoms with Crippen LogP contribution < -0.4 is 5.32 Å². The maximum Gasteiger partial charge on any atom is 0.339 e. The van der Waals surface area contributed by atoms with Gasteiger partial charge in [-0.2, -0.15) is 5.10 Å². The number of nitrogens with one attached hydrogen (secondary N) is 1. The van der Waals surface area contributed by atoms with Gasteiger partial charge in [-0.1, -0.05) is 23.7 Å². The number of nitro benzene ring substituents is 1. The van der Waals surface area contributed by atoms with Crippen molar-refractivity contribution < 1.29 is 14.5 Å². The summed E-state index contributed by atoms with van der Waals surface area (Å²) in [6.45, 7) is 0.323. The van der Waals surface area contributed by atoms with Crippen LogP contribution in [0, 0.1) is 10.1 Å². The first-order chi connectivity index (χ1) is 13.0. The molecule has 1 heterocycles. The van der Waals surface area contributed by atoms with E-state index in [1.807, 2.05) is 36.5 Å². The van der Waals surface area contributed by atoms with E-state index in [1.54, 1.807) is 10.9 Å². The predicted octanol–water partition coefficient (Wildman–Crippen LogP) is 3.83. The molecule has 8 nitrogen and oxygen atoms in total. The van der Waals surface area contributed by atoms with E-state index in [2.05, 4.69) is 15.2 Å². The number of benzene rings is 2. The third kappa shape index (κ3) is 4.06. The number of hydrogen-bond acceptors (Lipinski definition) is 6. The van der Waals surface area contributed by atoms with Gasteiger partial charge in [-0.25, -0.2) is 9.48 Å². The zero-order valence-electron chi connectivity index (χ0n) is 14.3. The fourth-order valence-corrected chi connectivity index (χ4v) is 2.79. The van der Waals surface area contributed by atoms with Gasteiger partial charge in [0, 0.05) is 25.0 Å². The second-order valence-electron chi connectivity index (χ2n) is 5.57. The molecule has 1 aromatic heterocycles. The van der Waals surface area contributed by atoms with Crippen LogP contribution in [0.25, 0.3) is 5.69 Å². The predicted molar refractivity (Wildman–Crippen MR) is 100 cm³/mol. The molecule has 0 aliphatic rings. The van der Waals surface area contributed by atoms with E-state index >= 15 is 0 Å². The van der Waals surface area contributed by atoms with Crippen molar-refractivity contribution in [2.75, 3.05) is 12.4 Å². The van der Waals surface area contributed by atoms with E-state index in [1.165, 1.54) is 13.2 Å². The third-order valence-corrected chi connectivity index (χ3v) is 4.16. The molecule has 0 amide bonds. The molecule has 0 unspecified atom stereocenters. The topological polar surface area (TPSA) is 99.3 Å². The number of rotatable bonds is 6. The van der Waals surface area contributed by atoms with Crippen LogP contribution in [0.3, 0.4) is 0 Å². The van der Waals surface area contributed by atoms with E-state index in [9.17, 15) is 14.9 Å². The lowest BCUT2D eigenvalue weighted by Crippen LogP contribution is -2.07. The lowest BCUT2D eigenvalue weighted by Gasteiger charge is -2.11. The summed E-state index contributed by atoms with van der Waals surface area (Å²) in [6.07, 6.45) is 3.50. The maximum atomic E-state index is 11.7. The molecule has 3 rings (SSSR count). The normalized spacial score (nSPS) is 10.4. The van der Waals surface area contributed by atoms with Crippen LogP contribution in [0.1, 0.15) is 15.9 Å². The quantitative estimate of drug-likeness (QED) is 0.392. The number of carbonyl (C=O) groups excluding carboxylic acids is 1. The molecule has 0 saturated carbocycles. The molecule has 0 aliphatic heterocycles. The van der Waals surface area contributed by atoms with Gasteiger partial charge >= 0.3 is 5.97 Å². The molecule has 3 aromatic rings. The molecule has 0 spiro atoms. The summed E-state index contributed by atoms with van der Waals surface area (Å²) in [4.78, 5) is 22.5. The Morgan fingerprint density at radius 1 is 1.33 bits per heavy atom. The van der Waals surface area contributed by atoms with Gasteiger partial charge in [0.2, 0.25) is 0 Å². The SMILES string of the molecule is COC(=O)c1cc([N+](=O)[O-])c(NCc2cccc(-n3cccn3)c2)cc1Cl. The number of halogens is 1. The molecule has 0 saturated heterocycles. The smallest absolute Gasteiger partial charge is 0.339 e. The Morgan fingerprint density at radius 2 is 2.15 bits per heavy atom. The van der Waals surface area contributed by atoms with Gasteiger partial charge in [-0.05, 0) is 29.8 Å². The fourth-order valence-electron chi connectivity index (χ4n) is 2.55. The first kappa shape index (κ1) is 18.4. The zero-order chi connectivity index (χ0) is 19.4. The van der Waals surface area contributed by atoms with Crippen molar-refractivity contribution in [3.63, 3.8) is 0 Å². The molecule has 27 heavy (non-hydrogen) atoms. The summed E-state index contributed by atoms with van der Waals surface area (Å²) >= 11 is 6.08. The molecule has 138 valence electrons. The Labute approximate surface area is 159 Å². The first-order valence-electron chi connectivity index (χ1n) is 7.88. The van der Waals surface area contributed by atoms with Crippen molar-refractivity contribution in [1.29, 1.82) is 0 Å². The van der Waals surface area contributed by atoms with E-state index < -0.39 is 10.9 Å². The van der Waals surface area contributed by atoms with Crippen molar-refractivity contribution in [1.82, 2.24) is 9.78 Å². The highest BCUT2D eigenvalue weighted by atomic mass is 35.5. The van der Waals surface area contributed by atoms with Gasteiger partial charge in [0.05, 0.1) is 28.3 Å². The summed E-state index contributed by atoms with van der Waals surface area (Å²) < 4.78 is 6.31. The van der Waals surface area contributed by atoms with Crippen molar-refractivity contribution >= 4 is 28.9 Å². The molecule has 0 radical (unpaired) electrons. The van der Waals surface area contributed by atoms with E-state index in [0.29, 0.717) is 6.54 Å². The number of nitrogens with zero attached hydrogens (tertiary/aromatic N) is 3. The minimum Gasteiger partial charge on any atom is -0.465 e. The minimum atomic E-state index is -0.735. The molecular formula is C18H15ClN4O4. The number of aromatic nitrogens is 2. The van der Waals surface area contributed by atoms with Crippen molar-refractivity contribution in [3.05, 3.63) is 81.1 Å². The van der Waals surface area contributed by atoms with Crippen LogP contribution in [-0.2, 0) is 11.3 Å². The van der Waals surface area contributed by atoms with Crippen molar-refractivity contribution in [3.8, 4) is 5.69 Å². The highest BCUT2D eigenvalue weighted by Crippen LogP contribution is 2.32.